The first kappa shape index (κ1) is 16.5. The molecular weight excluding hydrogens is 316 g/mol. The van der Waals surface area contributed by atoms with Crippen LogP contribution in [0.4, 0.5) is 0 Å². The van der Waals surface area contributed by atoms with E-state index in [-0.39, 0.29) is 13.0 Å². The molecule has 2 aliphatic heterocycles. The van der Waals surface area contributed by atoms with E-state index < -0.39 is 52.9 Å². The molecule has 1 spiro atoms. The summed E-state index contributed by atoms with van der Waals surface area (Å²) in [7, 11) is 0. The fourth-order valence-electron chi connectivity index (χ4n) is 5.40. The molecule has 0 aromatic heterocycles. The van der Waals surface area contributed by atoms with Gasteiger partial charge in [-0.2, -0.15) is 0 Å². The Balaban J connectivity index is 1.90. The number of aliphatic hydroxyl groups excluding tert-OH is 3. The lowest BCUT2D eigenvalue weighted by Crippen LogP contribution is -2.67. The first-order valence-electron chi connectivity index (χ1n) is 8.35. The van der Waals surface area contributed by atoms with Gasteiger partial charge >= 0.3 is 5.97 Å². The van der Waals surface area contributed by atoms with Gasteiger partial charge in [0.1, 0.15) is 23.9 Å². The number of carbonyl (C=O) groups is 1. The van der Waals surface area contributed by atoms with Crippen LogP contribution in [0.1, 0.15) is 27.2 Å². The van der Waals surface area contributed by atoms with Gasteiger partial charge in [-0.15, -0.1) is 0 Å². The largest absolute Gasteiger partial charge is 0.459 e. The Morgan fingerprint density at radius 1 is 1.46 bits per heavy atom. The maximum atomic E-state index is 11.6. The molecule has 0 radical (unpaired) electrons. The number of aliphatic hydroxyl groups is 3. The van der Waals surface area contributed by atoms with Gasteiger partial charge in [0.2, 0.25) is 0 Å². The molecule has 2 bridgehead atoms. The first-order chi connectivity index (χ1) is 11.2. The summed E-state index contributed by atoms with van der Waals surface area (Å²) in [5.41, 5.74) is -1.80. The molecule has 4 rings (SSSR count). The van der Waals surface area contributed by atoms with Crippen LogP contribution in [0.15, 0.2) is 11.6 Å². The lowest BCUT2D eigenvalue weighted by molar-refractivity contribution is -0.236. The summed E-state index contributed by atoms with van der Waals surface area (Å²) < 4.78 is 17.4. The van der Waals surface area contributed by atoms with E-state index in [1.165, 1.54) is 6.92 Å². The van der Waals surface area contributed by atoms with Crippen LogP contribution in [0.2, 0.25) is 0 Å². The minimum Gasteiger partial charge on any atom is -0.459 e. The number of ether oxygens (including phenoxy) is 3. The van der Waals surface area contributed by atoms with Gasteiger partial charge in [-0.1, -0.05) is 13.0 Å². The number of hydrogen-bond donors (Lipinski definition) is 3. The second-order valence-corrected chi connectivity index (χ2v) is 7.82. The molecule has 0 aromatic carbocycles. The fraction of sp³-hybridized carbons (Fsp3) is 0.824. The molecule has 2 aliphatic carbocycles. The highest BCUT2D eigenvalue weighted by Gasteiger charge is 2.85. The normalized spacial score (nSPS) is 55.1. The summed E-state index contributed by atoms with van der Waals surface area (Å²) in [6, 6.07) is 0. The standard InChI is InChI=1S/C17H24O7/c1-8-4-11-16(6-18,5-10(8)20)15(3)13(23-9(2)19)12(21)14(24-11)17(15)7-22-17/h4,10-14,18,20-21H,5-7H2,1-3H3/t10?,11-,12-,13?,14-,15-,16-,17+/m1/s1. The first-order valence-corrected chi connectivity index (χ1v) is 8.35. The molecule has 24 heavy (non-hydrogen) atoms. The smallest absolute Gasteiger partial charge is 0.303 e. The molecule has 8 atom stereocenters. The number of hydrogen-bond acceptors (Lipinski definition) is 7. The Bertz CT molecular complexity index is 612. The highest BCUT2D eigenvalue weighted by Crippen LogP contribution is 2.71. The van der Waals surface area contributed by atoms with Crippen molar-refractivity contribution in [3.8, 4) is 0 Å². The van der Waals surface area contributed by atoms with Crippen LogP contribution < -0.4 is 0 Å². The van der Waals surface area contributed by atoms with Crippen molar-refractivity contribution in [1.82, 2.24) is 0 Å². The topological polar surface area (TPSA) is 109 Å². The van der Waals surface area contributed by atoms with E-state index >= 15 is 0 Å². The Morgan fingerprint density at radius 2 is 2.12 bits per heavy atom. The number of fused-ring (bicyclic) bond motifs is 2. The van der Waals surface area contributed by atoms with Crippen molar-refractivity contribution < 1.29 is 34.3 Å². The van der Waals surface area contributed by atoms with Crippen LogP contribution in [0.3, 0.4) is 0 Å². The van der Waals surface area contributed by atoms with E-state index in [1.54, 1.807) is 0 Å². The Kier molecular flexibility index (Phi) is 3.29. The minimum atomic E-state index is -1.04. The number of epoxide rings is 1. The molecular formula is C17H24O7. The van der Waals surface area contributed by atoms with Gasteiger partial charge in [0.25, 0.3) is 0 Å². The molecule has 7 heteroatoms. The summed E-state index contributed by atoms with van der Waals surface area (Å²) in [5, 5.41) is 31.6. The molecule has 2 saturated heterocycles. The van der Waals surface area contributed by atoms with Crippen molar-refractivity contribution in [1.29, 1.82) is 0 Å². The van der Waals surface area contributed by atoms with Gasteiger partial charge in [0.05, 0.1) is 30.8 Å². The van der Waals surface area contributed by atoms with Crippen LogP contribution in [0, 0.1) is 10.8 Å². The molecule has 2 heterocycles. The minimum absolute atomic E-state index is 0.259. The van der Waals surface area contributed by atoms with E-state index in [4.69, 9.17) is 14.2 Å². The lowest BCUT2D eigenvalue weighted by Gasteiger charge is -2.58. The Labute approximate surface area is 140 Å². The average Bonchev–Trinajstić information content (AvgIpc) is 3.30. The van der Waals surface area contributed by atoms with Gasteiger partial charge < -0.3 is 29.5 Å². The van der Waals surface area contributed by atoms with Gasteiger partial charge in [-0.25, -0.2) is 0 Å². The van der Waals surface area contributed by atoms with Crippen molar-refractivity contribution in [2.24, 2.45) is 10.8 Å². The van der Waals surface area contributed by atoms with E-state index in [0.29, 0.717) is 6.61 Å². The average molecular weight is 340 g/mol. The Morgan fingerprint density at radius 3 is 2.67 bits per heavy atom. The van der Waals surface area contributed by atoms with Gasteiger partial charge in [0.15, 0.2) is 0 Å². The van der Waals surface area contributed by atoms with Crippen LogP contribution in [-0.4, -0.2) is 70.6 Å². The van der Waals surface area contributed by atoms with Gasteiger partial charge in [0, 0.05) is 12.3 Å². The molecule has 3 fully saturated rings. The lowest BCUT2D eigenvalue weighted by atomic mass is 9.51. The monoisotopic (exact) mass is 340 g/mol. The zero-order valence-corrected chi connectivity index (χ0v) is 14.1. The maximum absolute atomic E-state index is 11.6. The third-order valence-electron chi connectivity index (χ3n) is 6.93. The highest BCUT2D eigenvalue weighted by atomic mass is 16.7. The van der Waals surface area contributed by atoms with Crippen molar-refractivity contribution in [3.05, 3.63) is 11.6 Å². The summed E-state index contributed by atoms with van der Waals surface area (Å²) in [6.07, 6.45) is -1.66. The van der Waals surface area contributed by atoms with E-state index in [1.807, 2.05) is 19.9 Å². The second kappa shape index (κ2) is 4.80. The molecule has 3 N–H and O–H groups in total. The molecule has 7 nitrogen and oxygen atoms in total. The van der Waals surface area contributed by atoms with Crippen LogP contribution in [0.25, 0.3) is 0 Å². The number of rotatable bonds is 2. The van der Waals surface area contributed by atoms with Crippen LogP contribution in [0.5, 0.6) is 0 Å². The maximum Gasteiger partial charge on any atom is 0.303 e. The Hall–Kier alpha value is -0.990. The molecule has 0 aromatic rings. The summed E-state index contributed by atoms with van der Waals surface area (Å²) in [4.78, 5) is 11.6. The molecule has 134 valence electrons. The fourth-order valence-corrected chi connectivity index (χ4v) is 5.40. The highest BCUT2D eigenvalue weighted by molar-refractivity contribution is 5.66. The third kappa shape index (κ3) is 1.62. The molecule has 1 saturated carbocycles. The number of carbonyl (C=O) groups excluding carboxylic acids is 1. The summed E-state index contributed by atoms with van der Waals surface area (Å²) >= 11 is 0. The summed E-state index contributed by atoms with van der Waals surface area (Å²) in [5.74, 6) is -0.503. The quantitative estimate of drug-likeness (QED) is 0.354. The van der Waals surface area contributed by atoms with Crippen molar-refractivity contribution >= 4 is 5.97 Å². The van der Waals surface area contributed by atoms with Gasteiger partial charge in [-0.05, 0) is 18.9 Å². The van der Waals surface area contributed by atoms with Crippen LogP contribution >= 0.6 is 0 Å². The van der Waals surface area contributed by atoms with Crippen LogP contribution in [-0.2, 0) is 19.0 Å². The third-order valence-corrected chi connectivity index (χ3v) is 6.93. The van der Waals surface area contributed by atoms with E-state index in [2.05, 4.69) is 0 Å². The predicted octanol–water partition coefficient (Wildman–Crippen LogP) is -0.475. The van der Waals surface area contributed by atoms with E-state index in [0.717, 1.165) is 5.57 Å². The zero-order chi connectivity index (χ0) is 17.5. The molecule has 0 amide bonds. The van der Waals surface area contributed by atoms with E-state index in [9.17, 15) is 20.1 Å². The second-order valence-electron chi connectivity index (χ2n) is 7.82. The SMILES string of the molecule is CC(=O)OC1[C@@H](O)[C@H]2O[C@@H]3C=C(C)C(O)C[C@]3(CO)[C@]1(C)[C@]21CO1. The van der Waals surface area contributed by atoms with Crippen molar-refractivity contribution in [2.45, 2.75) is 63.3 Å². The van der Waals surface area contributed by atoms with Crippen molar-refractivity contribution in [2.75, 3.05) is 13.2 Å². The zero-order valence-electron chi connectivity index (χ0n) is 14.1. The molecule has 2 unspecified atom stereocenters. The van der Waals surface area contributed by atoms with Crippen molar-refractivity contribution in [3.63, 3.8) is 0 Å². The summed E-state index contributed by atoms with van der Waals surface area (Å²) in [6.45, 7) is 5.09. The number of esters is 1. The van der Waals surface area contributed by atoms with Gasteiger partial charge in [-0.3, -0.25) is 4.79 Å². The molecule has 4 aliphatic rings. The predicted molar refractivity (Wildman–Crippen MR) is 80.9 cm³/mol.